The second-order valence-corrected chi connectivity index (χ2v) is 11.9. The van der Waals surface area contributed by atoms with E-state index in [9.17, 15) is 0 Å². The molecule has 1 saturated heterocycles. The number of hydrogen-bond donors (Lipinski definition) is 0. The fraction of sp³-hybridized carbons (Fsp3) is 0.400. The van der Waals surface area contributed by atoms with Crippen LogP contribution >= 0.6 is 18.1 Å². The van der Waals surface area contributed by atoms with E-state index in [-0.39, 0.29) is 6.04 Å². The predicted octanol–water partition coefficient (Wildman–Crippen LogP) is 4.29. The van der Waals surface area contributed by atoms with Crippen LogP contribution in [0.2, 0.25) is 5.02 Å². The number of hydrogen-bond acceptors (Lipinski definition) is 2. The molecule has 0 amide bonds. The van der Waals surface area contributed by atoms with Crippen LogP contribution in [0, 0.1) is 0 Å². The van der Waals surface area contributed by atoms with Gasteiger partial charge >= 0.3 is 0 Å². The molecule has 2 atom stereocenters. The Bertz CT molecular complexity index is 933. The molecule has 0 bridgehead atoms. The first kappa shape index (κ1) is 18.1. The molecule has 7 heteroatoms. The number of nitrogens with zero attached hydrogens (tertiary/aromatic N) is 3. The van der Waals surface area contributed by atoms with Gasteiger partial charge in [-0.2, -0.15) is 0 Å². The van der Waals surface area contributed by atoms with E-state index in [2.05, 4.69) is 57.5 Å². The molecule has 0 radical (unpaired) electrons. The van der Waals surface area contributed by atoms with E-state index < -0.39 is 6.49 Å². The van der Waals surface area contributed by atoms with Crippen molar-refractivity contribution in [2.24, 2.45) is 0 Å². The van der Waals surface area contributed by atoms with Gasteiger partial charge in [-0.25, -0.2) is 9.34 Å². The molecule has 1 fully saturated rings. The highest BCUT2D eigenvalue weighted by molar-refractivity contribution is 8.13. The highest BCUT2D eigenvalue weighted by Gasteiger charge is 2.48. The van der Waals surface area contributed by atoms with Crippen LogP contribution in [-0.4, -0.2) is 49.2 Å². The molecule has 2 aromatic rings. The Balaban J connectivity index is 1.73. The van der Waals surface area contributed by atoms with Crippen LogP contribution < -0.4 is 4.67 Å². The molecule has 2 aromatic carbocycles. The zero-order chi connectivity index (χ0) is 18.6. The molecule has 5 rings (SSSR count). The summed E-state index contributed by atoms with van der Waals surface area (Å²) in [7, 11) is 2.17. The number of fused-ring (bicyclic) bond motifs is 5. The fourth-order valence-electron chi connectivity index (χ4n) is 4.68. The Morgan fingerprint density at radius 1 is 1.07 bits per heavy atom. The molecule has 27 heavy (non-hydrogen) atoms. The van der Waals surface area contributed by atoms with Gasteiger partial charge in [0, 0.05) is 37.4 Å². The fourth-order valence-corrected chi connectivity index (χ4v) is 9.25. The molecule has 0 N–H and O–H groups in total. The molecule has 0 spiro atoms. The van der Waals surface area contributed by atoms with E-state index in [0.717, 1.165) is 44.3 Å². The van der Waals surface area contributed by atoms with Gasteiger partial charge in [-0.15, -0.1) is 0 Å². The van der Waals surface area contributed by atoms with Gasteiger partial charge in [-0.3, -0.25) is 0 Å². The van der Waals surface area contributed by atoms with Crippen molar-refractivity contribution in [3.05, 3.63) is 64.2 Å². The van der Waals surface area contributed by atoms with E-state index >= 15 is 0 Å². The van der Waals surface area contributed by atoms with Crippen molar-refractivity contribution in [3.63, 3.8) is 0 Å². The van der Waals surface area contributed by atoms with Gasteiger partial charge < -0.3 is 9.41 Å². The minimum Gasteiger partial charge on any atom is -0.379 e. The van der Waals surface area contributed by atoms with Crippen molar-refractivity contribution >= 4 is 35.6 Å². The average molecular weight is 420 g/mol. The molecule has 3 aliphatic rings. The van der Waals surface area contributed by atoms with Gasteiger partial charge in [0.25, 0.3) is 0 Å². The highest BCUT2D eigenvalue weighted by atomic mass is 35.5. The summed E-state index contributed by atoms with van der Waals surface area (Å²) < 4.78 is 13.1. The molecule has 142 valence electrons. The van der Waals surface area contributed by atoms with Gasteiger partial charge in [-0.1, -0.05) is 35.9 Å². The lowest BCUT2D eigenvalue weighted by Crippen LogP contribution is -2.50. The Morgan fingerprint density at radius 2 is 1.85 bits per heavy atom. The maximum absolute atomic E-state index is 6.53. The summed E-state index contributed by atoms with van der Waals surface area (Å²) in [6.07, 6.45) is 1.04. The molecule has 0 aliphatic carbocycles. The third-order valence-electron chi connectivity index (χ3n) is 5.97. The Morgan fingerprint density at radius 3 is 2.67 bits per heavy atom. The summed E-state index contributed by atoms with van der Waals surface area (Å²) in [5.41, 5.74) is 5.29. The van der Waals surface area contributed by atoms with Crippen molar-refractivity contribution in [2.75, 3.05) is 44.6 Å². The van der Waals surface area contributed by atoms with Crippen molar-refractivity contribution in [2.45, 2.75) is 12.5 Å². The monoisotopic (exact) mass is 419 g/mol. The second kappa shape index (κ2) is 6.84. The van der Waals surface area contributed by atoms with Crippen molar-refractivity contribution in [1.82, 2.24) is 9.34 Å². The topological polar surface area (TPSA) is 19.0 Å². The lowest BCUT2D eigenvalue weighted by Gasteiger charge is -2.56. The predicted molar refractivity (Wildman–Crippen MR) is 115 cm³/mol. The maximum Gasteiger partial charge on any atom is 0.170 e. The number of anilines is 1. The SMILES string of the molecule is CN1c2ccc(Cl)cc2C2c3ccccc3CCN2P1(=S)N1CCOCC1. The lowest BCUT2D eigenvalue weighted by atomic mass is 9.89. The van der Waals surface area contributed by atoms with Crippen LogP contribution in [0.4, 0.5) is 5.69 Å². The number of benzene rings is 2. The first-order chi connectivity index (χ1) is 13.1. The molecule has 2 unspecified atom stereocenters. The van der Waals surface area contributed by atoms with Crippen LogP contribution in [0.15, 0.2) is 42.5 Å². The van der Waals surface area contributed by atoms with Crippen LogP contribution in [0.1, 0.15) is 22.7 Å². The number of morpholine rings is 1. The molecule has 0 aromatic heterocycles. The molecule has 3 heterocycles. The highest BCUT2D eigenvalue weighted by Crippen LogP contribution is 2.67. The maximum atomic E-state index is 6.53. The molecule has 3 aliphatic heterocycles. The van der Waals surface area contributed by atoms with Gasteiger partial charge in [0.05, 0.1) is 19.3 Å². The summed E-state index contributed by atoms with van der Waals surface area (Å²) in [5, 5.41) is 0.784. The minimum absolute atomic E-state index is 0.175. The second-order valence-electron chi connectivity index (χ2n) is 7.32. The standard InChI is InChI=1S/C20H23ClN3OPS/c1-22-19-7-6-16(21)14-18(19)20-17-5-3-2-4-15(17)8-9-24(20)26(22,27)23-10-12-25-13-11-23/h2-7,14,20H,8-13H2,1H3. The van der Waals surface area contributed by atoms with Crippen LogP contribution in [-0.2, 0) is 23.0 Å². The van der Waals surface area contributed by atoms with Gasteiger partial charge in [0.2, 0.25) is 0 Å². The molecular formula is C20H23ClN3OPS. The van der Waals surface area contributed by atoms with Gasteiger partial charge in [-0.05, 0) is 53.1 Å². The third-order valence-corrected chi connectivity index (χ3v) is 11.5. The van der Waals surface area contributed by atoms with E-state index in [0.29, 0.717) is 0 Å². The summed E-state index contributed by atoms with van der Waals surface area (Å²) >= 11 is 13.0. The van der Waals surface area contributed by atoms with Crippen LogP contribution in [0.5, 0.6) is 0 Å². The average Bonchev–Trinajstić information content (AvgIpc) is 2.72. The summed E-state index contributed by atoms with van der Waals surface area (Å²) in [5.74, 6) is 0. The van der Waals surface area contributed by atoms with E-state index in [1.165, 1.54) is 22.4 Å². The zero-order valence-electron chi connectivity index (χ0n) is 15.3. The smallest absolute Gasteiger partial charge is 0.170 e. The Labute approximate surface area is 170 Å². The van der Waals surface area contributed by atoms with E-state index in [1.807, 2.05) is 6.07 Å². The largest absolute Gasteiger partial charge is 0.379 e. The molecule has 4 nitrogen and oxygen atoms in total. The zero-order valence-corrected chi connectivity index (χ0v) is 17.8. The van der Waals surface area contributed by atoms with E-state index in [4.69, 9.17) is 28.1 Å². The van der Waals surface area contributed by atoms with Gasteiger partial charge in [0.1, 0.15) is 0 Å². The van der Waals surface area contributed by atoms with Crippen molar-refractivity contribution in [1.29, 1.82) is 0 Å². The van der Waals surface area contributed by atoms with Crippen LogP contribution in [0.3, 0.4) is 0 Å². The van der Waals surface area contributed by atoms with E-state index in [1.54, 1.807) is 0 Å². The summed E-state index contributed by atoms with van der Waals surface area (Å²) in [6.45, 7) is 2.19. The number of ether oxygens (including phenoxy) is 1. The number of rotatable bonds is 1. The van der Waals surface area contributed by atoms with Gasteiger partial charge in [0.15, 0.2) is 6.49 Å². The van der Waals surface area contributed by atoms with Crippen molar-refractivity contribution in [3.8, 4) is 0 Å². The summed E-state index contributed by atoms with van der Waals surface area (Å²) in [6, 6.07) is 15.2. The molecular weight excluding hydrogens is 397 g/mol. The quantitative estimate of drug-likeness (QED) is 0.640. The first-order valence-electron chi connectivity index (χ1n) is 9.42. The Hall–Kier alpha value is -0.940. The third kappa shape index (κ3) is 2.71. The minimum atomic E-state index is -2.10. The normalized spacial score (nSPS) is 28.4. The summed E-state index contributed by atoms with van der Waals surface area (Å²) in [4.78, 5) is 0. The Kier molecular flexibility index (Phi) is 4.59. The van der Waals surface area contributed by atoms with Crippen LogP contribution in [0.25, 0.3) is 0 Å². The number of halogens is 1. The lowest BCUT2D eigenvalue weighted by molar-refractivity contribution is 0.0711. The van der Waals surface area contributed by atoms with Crippen molar-refractivity contribution < 1.29 is 4.74 Å². The first-order valence-corrected chi connectivity index (χ1v) is 12.5. The molecule has 0 saturated carbocycles.